The van der Waals surface area contributed by atoms with Crippen LogP contribution in [0.5, 0.6) is 11.5 Å². The van der Waals surface area contributed by atoms with Gasteiger partial charge in [0.2, 0.25) is 10.0 Å². The Morgan fingerprint density at radius 2 is 1.79 bits per heavy atom. The number of nitrogens with one attached hydrogen (secondary N) is 1. The van der Waals surface area contributed by atoms with Crippen LogP contribution in [0.1, 0.15) is 22.5 Å². The van der Waals surface area contributed by atoms with Gasteiger partial charge in [-0.3, -0.25) is 5.10 Å². The number of ether oxygens (including phenoxy) is 2. The highest BCUT2D eigenvalue weighted by molar-refractivity contribution is 7.89. The molecule has 0 spiro atoms. The summed E-state index contributed by atoms with van der Waals surface area (Å²) in [7, 11) is -3.58. The standard InChI is InChI=1S/C16H19N3O4S/c1-10-16(11(2)18-17-10)24(20,21)19-4-3-12-7-14-15(8-13(12)9-19)23-6-5-22-14/h7-8H,3-6,9H2,1-2H3,(H,17,18). The lowest BCUT2D eigenvalue weighted by molar-refractivity contribution is 0.171. The molecule has 0 aliphatic carbocycles. The maximum absolute atomic E-state index is 13.0. The zero-order valence-corrected chi connectivity index (χ0v) is 14.4. The number of rotatable bonds is 2. The van der Waals surface area contributed by atoms with E-state index in [0.717, 1.165) is 16.9 Å². The third-order valence-electron chi connectivity index (χ3n) is 4.50. The smallest absolute Gasteiger partial charge is 0.247 e. The summed E-state index contributed by atoms with van der Waals surface area (Å²) in [5, 5.41) is 6.76. The Hall–Kier alpha value is -2.06. The maximum atomic E-state index is 13.0. The van der Waals surface area contributed by atoms with E-state index in [2.05, 4.69) is 10.2 Å². The van der Waals surface area contributed by atoms with Gasteiger partial charge < -0.3 is 9.47 Å². The van der Waals surface area contributed by atoms with Crippen LogP contribution in [0, 0.1) is 13.8 Å². The first kappa shape index (κ1) is 15.5. The van der Waals surface area contributed by atoms with Crippen LogP contribution in [0.2, 0.25) is 0 Å². The monoisotopic (exact) mass is 349 g/mol. The number of aromatic nitrogens is 2. The van der Waals surface area contributed by atoms with Crippen LogP contribution >= 0.6 is 0 Å². The number of benzene rings is 1. The molecule has 0 radical (unpaired) electrons. The van der Waals surface area contributed by atoms with Crippen molar-refractivity contribution in [1.82, 2.24) is 14.5 Å². The Bertz CT molecular complexity index is 885. The van der Waals surface area contributed by atoms with Gasteiger partial charge in [0, 0.05) is 13.1 Å². The number of sulfonamides is 1. The van der Waals surface area contributed by atoms with Crippen molar-refractivity contribution in [3.63, 3.8) is 0 Å². The molecule has 2 aromatic rings. The van der Waals surface area contributed by atoms with Gasteiger partial charge in [-0.2, -0.15) is 9.40 Å². The minimum Gasteiger partial charge on any atom is -0.486 e. The van der Waals surface area contributed by atoms with E-state index in [4.69, 9.17) is 9.47 Å². The van der Waals surface area contributed by atoms with Crippen molar-refractivity contribution in [2.24, 2.45) is 0 Å². The number of fused-ring (bicyclic) bond motifs is 2. The van der Waals surface area contributed by atoms with Gasteiger partial charge in [-0.15, -0.1) is 0 Å². The van der Waals surface area contributed by atoms with Crippen LogP contribution in [0.4, 0.5) is 0 Å². The third kappa shape index (κ3) is 2.37. The molecule has 2 aliphatic rings. The molecule has 0 saturated carbocycles. The van der Waals surface area contributed by atoms with E-state index in [9.17, 15) is 8.42 Å². The van der Waals surface area contributed by atoms with Gasteiger partial charge in [-0.05, 0) is 43.5 Å². The van der Waals surface area contributed by atoms with Crippen molar-refractivity contribution < 1.29 is 17.9 Å². The lowest BCUT2D eigenvalue weighted by atomic mass is 10.00. The third-order valence-corrected chi connectivity index (χ3v) is 6.61. The molecule has 2 aliphatic heterocycles. The van der Waals surface area contributed by atoms with Gasteiger partial charge in [-0.25, -0.2) is 8.42 Å². The van der Waals surface area contributed by atoms with Crippen molar-refractivity contribution in [3.05, 3.63) is 34.6 Å². The molecule has 1 aromatic carbocycles. The molecule has 0 atom stereocenters. The summed E-state index contributed by atoms with van der Waals surface area (Å²) in [5.74, 6) is 1.44. The molecular formula is C16H19N3O4S. The molecule has 3 heterocycles. The number of aromatic amines is 1. The predicted octanol–water partition coefficient (Wildman–Crippen LogP) is 1.54. The van der Waals surface area contributed by atoms with Crippen LogP contribution in [0.15, 0.2) is 17.0 Å². The lowest BCUT2D eigenvalue weighted by Gasteiger charge is -2.30. The molecule has 0 amide bonds. The molecule has 8 heteroatoms. The summed E-state index contributed by atoms with van der Waals surface area (Å²) in [6.45, 7) is 5.27. The molecule has 1 N–H and O–H groups in total. The molecule has 0 unspecified atom stereocenters. The van der Waals surface area contributed by atoms with Gasteiger partial charge in [0.05, 0.1) is 11.4 Å². The van der Waals surface area contributed by atoms with Gasteiger partial charge in [0.25, 0.3) is 0 Å². The highest BCUT2D eigenvalue weighted by Gasteiger charge is 2.33. The molecule has 128 valence electrons. The second-order valence-corrected chi connectivity index (χ2v) is 7.99. The first-order valence-electron chi connectivity index (χ1n) is 7.90. The van der Waals surface area contributed by atoms with E-state index in [1.807, 2.05) is 12.1 Å². The molecular weight excluding hydrogens is 330 g/mol. The van der Waals surface area contributed by atoms with Crippen LogP contribution in [0.3, 0.4) is 0 Å². The van der Waals surface area contributed by atoms with Gasteiger partial charge >= 0.3 is 0 Å². The van der Waals surface area contributed by atoms with Crippen molar-refractivity contribution >= 4 is 10.0 Å². The zero-order valence-electron chi connectivity index (χ0n) is 13.6. The number of H-pyrrole nitrogens is 1. The quantitative estimate of drug-likeness (QED) is 0.889. The highest BCUT2D eigenvalue weighted by atomic mass is 32.2. The first-order valence-corrected chi connectivity index (χ1v) is 9.34. The first-order chi connectivity index (χ1) is 11.5. The minimum atomic E-state index is -3.58. The van der Waals surface area contributed by atoms with E-state index >= 15 is 0 Å². The van der Waals surface area contributed by atoms with Crippen molar-refractivity contribution in [2.75, 3.05) is 19.8 Å². The van der Waals surface area contributed by atoms with Gasteiger partial charge in [-0.1, -0.05) is 0 Å². The Labute approximate surface area is 140 Å². The maximum Gasteiger partial charge on any atom is 0.247 e. The second kappa shape index (κ2) is 5.49. The topological polar surface area (TPSA) is 84.5 Å². The summed E-state index contributed by atoms with van der Waals surface area (Å²) in [6.07, 6.45) is 0.654. The van der Waals surface area contributed by atoms with Gasteiger partial charge in [0.15, 0.2) is 11.5 Å². The normalized spacial score (nSPS) is 17.6. The van der Waals surface area contributed by atoms with E-state index in [-0.39, 0.29) is 4.90 Å². The van der Waals surface area contributed by atoms with Crippen molar-refractivity contribution in [2.45, 2.75) is 31.7 Å². The zero-order chi connectivity index (χ0) is 16.9. The van der Waals surface area contributed by atoms with Gasteiger partial charge in [0.1, 0.15) is 18.1 Å². The Kier molecular flexibility index (Phi) is 3.54. The fraction of sp³-hybridized carbons (Fsp3) is 0.438. The second-order valence-electron chi connectivity index (χ2n) is 6.12. The molecule has 0 bridgehead atoms. The van der Waals surface area contributed by atoms with Crippen molar-refractivity contribution in [1.29, 1.82) is 0 Å². The van der Waals surface area contributed by atoms with E-state index in [1.165, 1.54) is 4.31 Å². The van der Waals surface area contributed by atoms with Crippen LogP contribution in [-0.4, -0.2) is 42.7 Å². The van der Waals surface area contributed by atoms with Crippen LogP contribution in [0.25, 0.3) is 0 Å². The SMILES string of the molecule is Cc1n[nH]c(C)c1S(=O)(=O)N1CCc2cc3c(cc2C1)OCCO3. The van der Waals surface area contributed by atoms with E-state index in [0.29, 0.717) is 49.9 Å². The van der Waals surface area contributed by atoms with E-state index in [1.54, 1.807) is 13.8 Å². The van der Waals surface area contributed by atoms with Crippen LogP contribution < -0.4 is 9.47 Å². The summed E-state index contributed by atoms with van der Waals surface area (Å²) in [6, 6.07) is 3.88. The average molecular weight is 349 g/mol. The Morgan fingerprint density at radius 3 is 2.42 bits per heavy atom. The number of aryl methyl sites for hydroxylation is 2. The number of hydrogen-bond acceptors (Lipinski definition) is 5. The summed E-state index contributed by atoms with van der Waals surface area (Å²) < 4.78 is 38.7. The fourth-order valence-electron chi connectivity index (χ4n) is 3.32. The predicted molar refractivity (Wildman–Crippen MR) is 86.8 cm³/mol. The molecule has 7 nitrogen and oxygen atoms in total. The Morgan fingerprint density at radius 1 is 1.12 bits per heavy atom. The lowest BCUT2D eigenvalue weighted by Crippen LogP contribution is -2.36. The molecule has 24 heavy (non-hydrogen) atoms. The highest BCUT2D eigenvalue weighted by Crippen LogP contribution is 2.36. The number of hydrogen-bond donors (Lipinski definition) is 1. The summed E-state index contributed by atoms with van der Waals surface area (Å²) >= 11 is 0. The molecule has 0 fully saturated rings. The Balaban J connectivity index is 1.69. The largest absolute Gasteiger partial charge is 0.486 e. The molecule has 0 saturated heterocycles. The average Bonchev–Trinajstić information content (AvgIpc) is 2.91. The summed E-state index contributed by atoms with van der Waals surface area (Å²) in [5.41, 5.74) is 3.15. The number of nitrogens with zero attached hydrogens (tertiary/aromatic N) is 2. The fourth-order valence-corrected chi connectivity index (χ4v) is 5.07. The molecule has 4 rings (SSSR count). The van der Waals surface area contributed by atoms with Crippen LogP contribution in [-0.2, 0) is 23.0 Å². The summed E-state index contributed by atoms with van der Waals surface area (Å²) in [4.78, 5) is 0.281. The molecule has 1 aromatic heterocycles. The minimum absolute atomic E-state index is 0.281. The van der Waals surface area contributed by atoms with E-state index < -0.39 is 10.0 Å². The van der Waals surface area contributed by atoms with Crippen molar-refractivity contribution in [3.8, 4) is 11.5 Å².